The van der Waals surface area contributed by atoms with Crippen LogP contribution in [0.15, 0.2) is 22.7 Å². The van der Waals surface area contributed by atoms with Crippen molar-refractivity contribution in [3.8, 4) is 0 Å². The Labute approximate surface area is 117 Å². The number of hydrogen-bond donors (Lipinski definition) is 1. The Kier molecular flexibility index (Phi) is 4.44. The molecule has 1 saturated carbocycles. The Morgan fingerprint density at radius 2 is 2.17 bits per heavy atom. The number of hydrogen-bond acceptors (Lipinski definition) is 1. The van der Waals surface area contributed by atoms with Gasteiger partial charge in [-0.25, -0.2) is 4.39 Å². The first kappa shape index (κ1) is 14.0. The molecule has 3 heteroatoms. The number of nitrogens with one attached hydrogen (secondary N) is 1. The molecule has 1 nitrogen and oxygen atoms in total. The molecule has 0 saturated heterocycles. The quantitative estimate of drug-likeness (QED) is 0.825. The largest absolute Gasteiger partial charge is 0.313 e. The fourth-order valence-corrected chi connectivity index (χ4v) is 2.76. The van der Waals surface area contributed by atoms with Crippen molar-refractivity contribution in [1.29, 1.82) is 0 Å². The molecule has 0 bridgehead atoms. The molecule has 2 rings (SSSR count). The average molecular weight is 314 g/mol. The topological polar surface area (TPSA) is 12.0 Å². The van der Waals surface area contributed by atoms with Crippen LogP contribution in [0, 0.1) is 11.2 Å². The molecule has 100 valence electrons. The molecule has 0 radical (unpaired) electrons. The van der Waals surface area contributed by atoms with Crippen molar-refractivity contribution in [3.63, 3.8) is 0 Å². The zero-order valence-electron chi connectivity index (χ0n) is 11.1. The summed E-state index contributed by atoms with van der Waals surface area (Å²) in [5, 5.41) is 3.65. The van der Waals surface area contributed by atoms with E-state index >= 15 is 0 Å². The number of halogens is 2. The highest BCUT2D eigenvalue weighted by atomic mass is 79.9. The summed E-state index contributed by atoms with van der Waals surface area (Å²) in [6, 6.07) is 5.86. The maximum absolute atomic E-state index is 13.2. The molecule has 1 aromatic rings. The first-order chi connectivity index (χ1) is 8.55. The molecule has 1 N–H and O–H groups in total. The zero-order chi connectivity index (χ0) is 13.2. The minimum Gasteiger partial charge on any atom is -0.313 e. The van der Waals surface area contributed by atoms with E-state index in [9.17, 15) is 4.39 Å². The second-order valence-electron chi connectivity index (χ2n) is 5.61. The molecule has 1 aliphatic carbocycles. The van der Waals surface area contributed by atoms with Crippen molar-refractivity contribution in [2.75, 3.05) is 6.54 Å². The van der Waals surface area contributed by atoms with Crippen molar-refractivity contribution in [2.24, 2.45) is 5.41 Å². The Morgan fingerprint density at radius 3 is 2.72 bits per heavy atom. The van der Waals surface area contributed by atoms with Gasteiger partial charge in [-0.15, -0.1) is 0 Å². The summed E-state index contributed by atoms with van der Waals surface area (Å²) in [5.41, 5.74) is 1.64. The van der Waals surface area contributed by atoms with Crippen LogP contribution in [0.2, 0.25) is 0 Å². The molecule has 0 spiro atoms. The van der Waals surface area contributed by atoms with E-state index < -0.39 is 0 Å². The van der Waals surface area contributed by atoms with Gasteiger partial charge in [-0.05, 0) is 71.3 Å². The lowest BCUT2D eigenvalue weighted by atomic mass is 9.92. The predicted molar refractivity (Wildman–Crippen MR) is 77.2 cm³/mol. The minimum atomic E-state index is -0.186. The lowest BCUT2D eigenvalue weighted by Gasteiger charge is -2.25. The van der Waals surface area contributed by atoms with Gasteiger partial charge in [0.1, 0.15) is 5.82 Å². The minimum absolute atomic E-state index is 0.186. The van der Waals surface area contributed by atoms with Gasteiger partial charge in [0.05, 0.1) is 4.47 Å². The number of benzene rings is 1. The third-order valence-electron chi connectivity index (χ3n) is 3.94. The lowest BCUT2D eigenvalue weighted by Crippen LogP contribution is -2.38. The molecular weight excluding hydrogens is 293 g/mol. The Morgan fingerprint density at radius 1 is 1.44 bits per heavy atom. The summed E-state index contributed by atoms with van der Waals surface area (Å²) in [7, 11) is 0. The van der Waals surface area contributed by atoms with Crippen LogP contribution in [0.5, 0.6) is 0 Å². The van der Waals surface area contributed by atoms with Crippen molar-refractivity contribution >= 4 is 15.9 Å². The Hall–Kier alpha value is -0.410. The first-order valence-corrected chi connectivity index (χ1v) is 7.52. The second-order valence-corrected chi connectivity index (χ2v) is 6.47. The Balaban J connectivity index is 2.05. The first-order valence-electron chi connectivity index (χ1n) is 6.72. The van der Waals surface area contributed by atoms with Crippen LogP contribution < -0.4 is 5.32 Å². The van der Waals surface area contributed by atoms with E-state index in [1.54, 1.807) is 6.07 Å². The fourth-order valence-electron chi connectivity index (χ4n) is 2.33. The summed E-state index contributed by atoms with van der Waals surface area (Å²) in [4.78, 5) is 0. The monoisotopic (exact) mass is 313 g/mol. The van der Waals surface area contributed by atoms with Crippen LogP contribution in [-0.2, 0) is 6.42 Å². The van der Waals surface area contributed by atoms with Gasteiger partial charge >= 0.3 is 0 Å². The third kappa shape index (κ3) is 3.33. The van der Waals surface area contributed by atoms with Crippen LogP contribution in [0.25, 0.3) is 0 Å². The van der Waals surface area contributed by atoms with Crippen molar-refractivity contribution < 1.29 is 4.39 Å². The molecule has 1 aliphatic rings. The molecule has 1 unspecified atom stereocenters. The van der Waals surface area contributed by atoms with Crippen molar-refractivity contribution in [1.82, 2.24) is 5.32 Å². The maximum Gasteiger partial charge on any atom is 0.137 e. The van der Waals surface area contributed by atoms with E-state index in [0.29, 0.717) is 15.9 Å². The zero-order valence-corrected chi connectivity index (χ0v) is 12.7. The molecule has 1 aromatic carbocycles. The highest BCUT2D eigenvalue weighted by Crippen LogP contribution is 2.49. The lowest BCUT2D eigenvalue weighted by molar-refractivity contribution is 0.354. The Bertz CT molecular complexity index is 415. The molecule has 18 heavy (non-hydrogen) atoms. The van der Waals surface area contributed by atoms with Gasteiger partial charge in [0.25, 0.3) is 0 Å². The van der Waals surface area contributed by atoms with Crippen molar-refractivity contribution in [2.45, 2.75) is 45.6 Å². The maximum atomic E-state index is 13.2. The van der Waals surface area contributed by atoms with E-state index in [2.05, 4.69) is 35.1 Å². The summed E-state index contributed by atoms with van der Waals surface area (Å²) in [6.45, 7) is 5.59. The van der Waals surface area contributed by atoms with Gasteiger partial charge in [-0.1, -0.05) is 19.9 Å². The summed E-state index contributed by atoms with van der Waals surface area (Å²) < 4.78 is 13.8. The summed E-state index contributed by atoms with van der Waals surface area (Å²) >= 11 is 3.26. The van der Waals surface area contributed by atoms with Crippen molar-refractivity contribution in [3.05, 3.63) is 34.1 Å². The number of rotatable bonds is 6. The molecule has 1 fully saturated rings. The van der Waals surface area contributed by atoms with Crippen LogP contribution in [0.4, 0.5) is 4.39 Å². The van der Waals surface area contributed by atoms with E-state index in [4.69, 9.17) is 0 Å². The van der Waals surface area contributed by atoms with Crippen LogP contribution in [-0.4, -0.2) is 12.6 Å². The fraction of sp³-hybridized carbons (Fsp3) is 0.600. The van der Waals surface area contributed by atoms with Gasteiger partial charge in [0.2, 0.25) is 0 Å². The standard InChI is InChI=1S/C15H21BrFN/c1-3-8-18-14(15(2)6-7-15)10-11-4-5-13(17)12(16)9-11/h4-5,9,14,18H,3,6-8,10H2,1-2H3. The molecular formula is C15H21BrFN. The highest BCUT2D eigenvalue weighted by Gasteiger charge is 2.44. The van der Waals surface area contributed by atoms with Gasteiger partial charge < -0.3 is 5.32 Å². The third-order valence-corrected chi connectivity index (χ3v) is 4.55. The average Bonchev–Trinajstić information content (AvgIpc) is 3.08. The van der Waals surface area contributed by atoms with Gasteiger partial charge in [-0.3, -0.25) is 0 Å². The van der Waals surface area contributed by atoms with Crippen LogP contribution in [0.3, 0.4) is 0 Å². The highest BCUT2D eigenvalue weighted by molar-refractivity contribution is 9.10. The van der Waals surface area contributed by atoms with E-state index in [1.165, 1.54) is 18.4 Å². The summed E-state index contributed by atoms with van der Waals surface area (Å²) in [6.07, 6.45) is 4.74. The second kappa shape index (κ2) is 5.70. The van der Waals surface area contributed by atoms with Gasteiger partial charge in [0.15, 0.2) is 0 Å². The molecule has 0 aromatic heterocycles. The molecule has 0 aliphatic heterocycles. The van der Waals surface area contributed by atoms with E-state index in [0.717, 1.165) is 19.4 Å². The molecule has 0 heterocycles. The van der Waals surface area contributed by atoms with Crippen LogP contribution in [0.1, 0.15) is 38.7 Å². The predicted octanol–water partition coefficient (Wildman–Crippen LogP) is 4.30. The molecule has 0 amide bonds. The summed E-state index contributed by atoms with van der Waals surface area (Å²) in [5.74, 6) is -0.186. The molecule has 1 atom stereocenters. The van der Waals surface area contributed by atoms with E-state index in [-0.39, 0.29) is 5.82 Å². The SMILES string of the molecule is CCCNC(Cc1ccc(F)c(Br)c1)C1(C)CC1. The van der Waals surface area contributed by atoms with Gasteiger partial charge in [-0.2, -0.15) is 0 Å². The normalized spacial score (nSPS) is 18.7. The van der Waals surface area contributed by atoms with Crippen LogP contribution >= 0.6 is 15.9 Å². The smallest absolute Gasteiger partial charge is 0.137 e. The van der Waals surface area contributed by atoms with E-state index in [1.807, 2.05) is 12.1 Å². The van der Waals surface area contributed by atoms with Gasteiger partial charge in [0, 0.05) is 6.04 Å².